The molecule has 0 saturated carbocycles. The number of alkyl carbamates (subject to hydrolysis) is 1. The number of aliphatic imine (C=N–C) groups is 1. The molecule has 1 aromatic heterocycles. The van der Waals surface area contributed by atoms with Crippen LogP contribution >= 0.6 is 0 Å². The molecule has 30 heavy (non-hydrogen) atoms. The van der Waals surface area contributed by atoms with Crippen LogP contribution in [0.5, 0.6) is 11.6 Å². The Hall–Kier alpha value is -3.36. The number of nitrogens with one attached hydrogen (secondary N) is 3. The maximum absolute atomic E-state index is 13.4. The number of aromatic nitrogens is 1. The normalized spacial score (nSPS) is 11.6. The molecule has 9 heteroatoms. The maximum Gasteiger partial charge on any atom is 0.407 e. The number of amides is 1. The van der Waals surface area contributed by atoms with Crippen molar-refractivity contribution in [2.45, 2.75) is 32.9 Å². The largest absolute Gasteiger partial charge is 0.444 e. The molecule has 162 valence electrons. The number of hydrogen-bond donors (Lipinski definition) is 3. The summed E-state index contributed by atoms with van der Waals surface area (Å²) >= 11 is 0. The molecule has 1 amide bonds. The van der Waals surface area contributed by atoms with Crippen LogP contribution in [0.3, 0.4) is 0 Å². The summed E-state index contributed by atoms with van der Waals surface area (Å²) in [5.41, 5.74) is 0.237. The average Bonchev–Trinajstić information content (AvgIpc) is 2.67. The van der Waals surface area contributed by atoms with Crippen LogP contribution < -0.4 is 20.7 Å². The van der Waals surface area contributed by atoms with Gasteiger partial charge in [0.1, 0.15) is 17.2 Å². The van der Waals surface area contributed by atoms with Gasteiger partial charge >= 0.3 is 6.09 Å². The second-order valence-electron chi connectivity index (χ2n) is 7.31. The van der Waals surface area contributed by atoms with Crippen LogP contribution in [0, 0.1) is 5.82 Å². The van der Waals surface area contributed by atoms with Gasteiger partial charge in [0.05, 0.1) is 0 Å². The minimum Gasteiger partial charge on any atom is -0.444 e. The SMILES string of the molecule is CN=C(NCCNC(=O)OC(C)(C)C)NCc1cccnc1Oc1cccc(F)c1. The van der Waals surface area contributed by atoms with Crippen LogP contribution in [0.15, 0.2) is 47.6 Å². The quantitative estimate of drug-likeness (QED) is 0.364. The van der Waals surface area contributed by atoms with E-state index in [1.165, 1.54) is 12.1 Å². The highest BCUT2D eigenvalue weighted by Crippen LogP contribution is 2.23. The molecule has 3 N–H and O–H groups in total. The highest BCUT2D eigenvalue weighted by Gasteiger charge is 2.15. The Morgan fingerprint density at radius 3 is 2.60 bits per heavy atom. The molecular weight excluding hydrogens is 389 g/mol. The van der Waals surface area contributed by atoms with Crippen LogP contribution in [0.2, 0.25) is 0 Å². The summed E-state index contributed by atoms with van der Waals surface area (Å²) in [7, 11) is 1.64. The van der Waals surface area contributed by atoms with Gasteiger partial charge in [-0.3, -0.25) is 4.99 Å². The molecule has 0 bridgehead atoms. The fraction of sp³-hybridized carbons (Fsp3) is 0.381. The van der Waals surface area contributed by atoms with E-state index in [4.69, 9.17) is 9.47 Å². The maximum atomic E-state index is 13.4. The Labute approximate surface area is 175 Å². The molecule has 2 rings (SSSR count). The van der Waals surface area contributed by atoms with E-state index in [1.54, 1.807) is 52.2 Å². The van der Waals surface area contributed by atoms with Crippen molar-refractivity contribution in [3.05, 3.63) is 54.0 Å². The molecule has 2 aromatic rings. The van der Waals surface area contributed by atoms with Gasteiger partial charge in [-0.25, -0.2) is 14.2 Å². The zero-order valence-corrected chi connectivity index (χ0v) is 17.7. The van der Waals surface area contributed by atoms with Crippen molar-refractivity contribution < 1.29 is 18.7 Å². The van der Waals surface area contributed by atoms with E-state index in [9.17, 15) is 9.18 Å². The third-order valence-electron chi connectivity index (χ3n) is 3.62. The first-order chi connectivity index (χ1) is 14.3. The number of carbonyl (C=O) groups excluding carboxylic acids is 1. The molecule has 0 radical (unpaired) electrons. The predicted octanol–water partition coefficient (Wildman–Crippen LogP) is 3.20. The van der Waals surface area contributed by atoms with E-state index < -0.39 is 11.7 Å². The summed E-state index contributed by atoms with van der Waals surface area (Å²) < 4.78 is 24.3. The monoisotopic (exact) mass is 417 g/mol. The molecule has 1 heterocycles. The minimum absolute atomic E-state index is 0.366. The lowest BCUT2D eigenvalue weighted by atomic mass is 10.2. The van der Waals surface area contributed by atoms with Crippen molar-refractivity contribution in [1.29, 1.82) is 0 Å². The van der Waals surface area contributed by atoms with Crippen LogP contribution in [-0.2, 0) is 11.3 Å². The van der Waals surface area contributed by atoms with Gasteiger partial charge in [0.25, 0.3) is 0 Å². The standard InChI is InChI=1S/C21H28FN5O3/c1-21(2,3)30-20(28)26-12-11-25-19(23-4)27-14-15-7-6-10-24-18(15)29-17-9-5-8-16(22)13-17/h5-10,13H,11-12,14H2,1-4H3,(H,26,28)(H2,23,25,27). The second kappa shape index (κ2) is 11.0. The first-order valence-corrected chi connectivity index (χ1v) is 9.55. The summed E-state index contributed by atoms with van der Waals surface area (Å²) in [5.74, 6) is 0.901. The number of nitrogens with zero attached hydrogens (tertiary/aromatic N) is 2. The molecule has 0 aliphatic rings. The molecule has 0 fully saturated rings. The molecule has 0 unspecified atom stereocenters. The van der Waals surface area contributed by atoms with E-state index in [0.29, 0.717) is 37.2 Å². The lowest BCUT2D eigenvalue weighted by Gasteiger charge is -2.20. The highest BCUT2D eigenvalue weighted by molar-refractivity contribution is 5.79. The topological polar surface area (TPSA) is 96.9 Å². The van der Waals surface area contributed by atoms with Gasteiger partial charge in [-0.2, -0.15) is 0 Å². The Balaban J connectivity index is 1.83. The smallest absolute Gasteiger partial charge is 0.407 e. The molecule has 0 aliphatic heterocycles. The van der Waals surface area contributed by atoms with E-state index in [1.807, 2.05) is 6.07 Å². The van der Waals surface area contributed by atoms with E-state index in [2.05, 4.69) is 25.9 Å². The average molecular weight is 417 g/mol. The first kappa shape index (κ1) is 22.9. The molecule has 0 aliphatic carbocycles. The van der Waals surface area contributed by atoms with Gasteiger partial charge in [0.15, 0.2) is 5.96 Å². The number of pyridine rings is 1. The zero-order chi connectivity index (χ0) is 22.0. The minimum atomic E-state index is -0.538. The zero-order valence-electron chi connectivity index (χ0n) is 17.7. The van der Waals surface area contributed by atoms with Crippen LogP contribution in [0.1, 0.15) is 26.3 Å². The van der Waals surface area contributed by atoms with Gasteiger partial charge in [-0.1, -0.05) is 12.1 Å². The fourth-order valence-corrected chi connectivity index (χ4v) is 2.35. The van der Waals surface area contributed by atoms with Crippen LogP contribution in [-0.4, -0.2) is 42.8 Å². The third kappa shape index (κ3) is 8.34. The highest BCUT2D eigenvalue weighted by atomic mass is 19.1. The number of halogens is 1. The van der Waals surface area contributed by atoms with Crippen molar-refractivity contribution in [3.8, 4) is 11.6 Å². The van der Waals surface area contributed by atoms with Crippen LogP contribution in [0.4, 0.5) is 9.18 Å². The van der Waals surface area contributed by atoms with Crippen molar-refractivity contribution >= 4 is 12.1 Å². The number of hydrogen-bond acceptors (Lipinski definition) is 5. The molecular formula is C21H28FN5O3. The van der Waals surface area contributed by atoms with Crippen molar-refractivity contribution in [2.75, 3.05) is 20.1 Å². The van der Waals surface area contributed by atoms with Crippen molar-refractivity contribution in [3.63, 3.8) is 0 Å². The van der Waals surface area contributed by atoms with Gasteiger partial charge < -0.3 is 25.4 Å². The lowest BCUT2D eigenvalue weighted by Crippen LogP contribution is -2.42. The Kier molecular flexibility index (Phi) is 8.40. The number of ether oxygens (including phenoxy) is 2. The van der Waals surface area contributed by atoms with Gasteiger partial charge in [-0.05, 0) is 39.0 Å². The summed E-state index contributed by atoms with van der Waals surface area (Å²) in [5, 5.41) is 8.91. The van der Waals surface area contributed by atoms with Gasteiger partial charge in [0, 0.05) is 44.5 Å². The van der Waals surface area contributed by atoms with Gasteiger partial charge in [-0.15, -0.1) is 0 Å². The predicted molar refractivity (Wildman–Crippen MR) is 113 cm³/mol. The second-order valence-corrected chi connectivity index (χ2v) is 7.31. The van der Waals surface area contributed by atoms with E-state index in [0.717, 1.165) is 5.56 Å². The summed E-state index contributed by atoms with van der Waals surface area (Å²) in [6.45, 7) is 6.64. The fourth-order valence-electron chi connectivity index (χ4n) is 2.35. The Morgan fingerprint density at radius 1 is 1.13 bits per heavy atom. The lowest BCUT2D eigenvalue weighted by molar-refractivity contribution is 0.0529. The summed E-state index contributed by atoms with van der Waals surface area (Å²) in [4.78, 5) is 20.0. The molecule has 1 aromatic carbocycles. The third-order valence-corrected chi connectivity index (χ3v) is 3.62. The molecule has 0 atom stereocenters. The van der Waals surface area contributed by atoms with E-state index in [-0.39, 0.29) is 5.82 Å². The number of rotatable bonds is 7. The first-order valence-electron chi connectivity index (χ1n) is 9.55. The summed E-state index contributed by atoms with van der Waals surface area (Å²) in [6.07, 6.45) is 1.13. The number of benzene rings is 1. The molecule has 8 nitrogen and oxygen atoms in total. The Morgan fingerprint density at radius 2 is 1.90 bits per heavy atom. The molecule has 0 spiro atoms. The van der Waals surface area contributed by atoms with Crippen molar-refractivity contribution in [1.82, 2.24) is 20.9 Å². The van der Waals surface area contributed by atoms with Crippen LogP contribution in [0.25, 0.3) is 0 Å². The summed E-state index contributed by atoms with van der Waals surface area (Å²) in [6, 6.07) is 9.52. The molecule has 0 saturated heterocycles. The van der Waals surface area contributed by atoms with Crippen molar-refractivity contribution in [2.24, 2.45) is 4.99 Å². The van der Waals surface area contributed by atoms with E-state index >= 15 is 0 Å². The van der Waals surface area contributed by atoms with Gasteiger partial charge in [0.2, 0.25) is 5.88 Å². The number of guanidine groups is 1. The number of carbonyl (C=O) groups is 1. The Bertz CT molecular complexity index is 868.